The quantitative estimate of drug-likeness (QED) is 0.236. The molecular weight excluding hydrogens is 412 g/mol. The zero-order valence-electron chi connectivity index (χ0n) is 21.2. The second-order valence-corrected chi connectivity index (χ2v) is 9.15. The van der Waals surface area contributed by atoms with Crippen LogP contribution in [0.5, 0.6) is 11.5 Å². The Labute approximate surface area is 199 Å². The third-order valence-electron chi connectivity index (χ3n) is 5.94. The van der Waals surface area contributed by atoms with Gasteiger partial charge in [0.15, 0.2) is 5.75 Å². The molecule has 0 amide bonds. The molecule has 0 aliphatic heterocycles. The van der Waals surface area contributed by atoms with Crippen molar-refractivity contribution in [1.82, 2.24) is 4.57 Å². The minimum Gasteiger partial charge on any atom is -0.504 e. The lowest BCUT2D eigenvalue weighted by molar-refractivity contribution is 0.330. The lowest BCUT2D eigenvalue weighted by Gasteiger charge is -2.14. The molecule has 33 heavy (non-hydrogen) atoms. The Hall–Kier alpha value is -2.69. The molecule has 0 unspecified atom stereocenters. The van der Waals surface area contributed by atoms with Gasteiger partial charge < -0.3 is 19.7 Å². The van der Waals surface area contributed by atoms with Crippen molar-refractivity contribution < 1.29 is 9.84 Å². The Morgan fingerprint density at radius 3 is 2.55 bits per heavy atom. The Morgan fingerprint density at radius 1 is 1.09 bits per heavy atom. The smallest absolute Gasteiger partial charge is 0.297 e. The number of pyridine rings is 1. The summed E-state index contributed by atoms with van der Waals surface area (Å²) in [6.45, 7) is 9.63. The number of aryl methyl sites for hydroxylation is 1. The highest BCUT2D eigenvalue weighted by atomic mass is 16.5. The largest absolute Gasteiger partial charge is 0.504 e. The monoisotopic (exact) mass is 454 g/mol. The Balaban J connectivity index is 2.03. The van der Waals surface area contributed by atoms with Gasteiger partial charge in [0.05, 0.1) is 5.52 Å². The molecule has 0 aliphatic carbocycles. The summed E-state index contributed by atoms with van der Waals surface area (Å²) in [5.41, 5.74) is 3.82. The van der Waals surface area contributed by atoms with Crippen molar-refractivity contribution in [3.8, 4) is 11.5 Å². The van der Waals surface area contributed by atoms with Gasteiger partial charge in [-0.3, -0.25) is 4.79 Å². The number of unbranched alkanes of at least 4 members (excludes halogenated alkanes) is 5. The molecule has 0 bridgehead atoms. The van der Waals surface area contributed by atoms with Crippen LogP contribution in [0.1, 0.15) is 79.1 Å². The fraction of sp³-hybridized carbons (Fsp3) is 0.536. The van der Waals surface area contributed by atoms with Gasteiger partial charge in [-0.1, -0.05) is 56.3 Å². The Kier molecular flexibility index (Phi) is 11.1. The van der Waals surface area contributed by atoms with Crippen LogP contribution in [0.3, 0.4) is 0 Å². The second-order valence-electron chi connectivity index (χ2n) is 9.15. The van der Waals surface area contributed by atoms with Crippen LogP contribution in [-0.2, 0) is 7.05 Å². The highest BCUT2D eigenvalue weighted by Gasteiger charge is 2.16. The summed E-state index contributed by atoms with van der Waals surface area (Å²) < 4.78 is 7.26. The summed E-state index contributed by atoms with van der Waals surface area (Å²) in [5, 5.41) is 14.8. The number of hydrogen-bond donors (Lipinski definition) is 2. The van der Waals surface area contributed by atoms with Crippen LogP contribution in [-0.4, -0.2) is 22.8 Å². The highest BCUT2D eigenvalue weighted by molar-refractivity contribution is 5.89. The number of anilines is 1. The van der Waals surface area contributed by atoms with Gasteiger partial charge in [0, 0.05) is 24.7 Å². The molecule has 5 heteroatoms. The van der Waals surface area contributed by atoms with Crippen molar-refractivity contribution in [3.05, 3.63) is 51.9 Å². The van der Waals surface area contributed by atoms with Crippen molar-refractivity contribution in [2.45, 2.75) is 79.1 Å². The number of nitrogens with zero attached hydrogens (tertiary/aromatic N) is 1. The van der Waals surface area contributed by atoms with E-state index in [1.54, 1.807) is 11.6 Å². The zero-order chi connectivity index (χ0) is 24.2. The number of allylic oxidation sites excluding steroid dienone is 3. The van der Waals surface area contributed by atoms with Gasteiger partial charge in [-0.05, 0) is 64.3 Å². The van der Waals surface area contributed by atoms with Gasteiger partial charge >= 0.3 is 0 Å². The first-order valence-corrected chi connectivity index (χ1v) is 12.4. The zero-order valence-corrected chi connectivity index (χ0v) is 21.2. The number of benzene rings is 1. The van der Waals surface area contributed by atoms with Gasteiger partial charge in [-0.25, -0.2) is 0 Å². The SMILES string of the molecule is CCCCCCCCNc1ccc2c(O)c(OCC=C(C)CCC=C(C)C)c(=O)n(C)c2c1. The summed E-state index contributed by atoms with van der Waals surface area (Å²) in [6.07, 6.45) is 13.6. The molecule has 0 atom stereocenters. The van der Waals surface area contributed by atoms with Gasteiger partial charge in [0.25, 0.3) is 5.56 Å². The summed E-state index contributed by atoms with van der Waals surface area (Å²) >= 11 is 0. The predicted octanol–water partition coefficient (Wildman–Crippen LogP) is 7.09. The summed E-state index contributed by atoms with van der Waals surface area (Å²) in [5.74, 6) is -0.0858. The van der Waals surface area contributed by atoms with E-state index in [-0.39, 0.29) is 23.7 Å². The van der Waals surface area contributed by atoms with Crippen LogP contribution >= 0.6 is 0 Å². The number of fused-ring (bicyclic) bond motifs is 1. The summed E-state index contributed by atoms with van der Waals surface area (Å²) in [6, 6.07) is 5.71. The summed E-state index contributed by atoms with van der Waals surface area (Å²) in [4.78, 5) is 12.9. The summed E-state index contributed by atoms with van der Waals surface area (Å²) in [7, 11) is 1.72. The molecular formula is C28H42N2O3. The van der Waals surface area contributed by atoms with E-state index in [1.807, 2.05) is 24.3 Å². The maximum absolute atomic E-state index is 12.9. The molecule has 0 radical (unpaired) electrons. The predicted molar refractivity (Wildman–Crippen MR) is 141 cm³/mol. The molecule has 0 aliphatic rings. The number of rotatable bonds is 14. The third-order valence-corrected chi connectivity index (χ3v) is 5.94. The molecule has 2 N–H and O–H groups in total. The van der Waals surface area contributed by atoms with E-state index in [9.17, 15) is 9.90 Å². The highest BCUT2D eigenvalue weighted by Crippen LogP contribution is 2.32. The number of aromatic hydroxyl groups is 1. The number of ether oxygens (including phenoxy) is 1. The molecule has 1 aromatic carbocycles. The average molecular weight is 455 g/mol. The average Bonchev–Trinajstić information content (AvgIpc) is 2.79. The maximum atomic E-state index is 12.9. The minimum atomic E-state index is -0.330. The third kappa shape index (κ3) is 8.30. The minimum absolute atomic E-state index is 0.00568. The number of hydrogen-bond acceptors (Lipinski definition) is 4. The lowest BCUT2D eigenvalue weighted by Crippen LogP contribution is -2.20. The van der Waals surface area contributed by atoms with E-state index >= 15 is 0 Å². The van der Waals surface area contributed by atoms with Gasteiger partial charge in [-0.2, -0.15) is 0 Å². The van der Waals surface area contributed by atoms with Crippen LogP contribution in [0, 0.1) is 0 Å². The molecule has 2 aromatic rings. The molecule has 1 heterocycles. The fourth-order valence-corrected chi connectivity index (χ4v) is 3.83. The van der Waals surface area contributed by atoms with Crippen molar-refractivity contribution >= 4 is 16.6 Å². The van der Waals surface area contributed by atoms with Crippen molar-refractivity contribution in [1.29, 1.82) is 0 Å². The van der Waals surface area contributed by atoms with E-state index in [4.69, 9.17) is 4.74 Å². The second kappa shape index (κ2) is 13.8. The molecule has 182 valence electrons. The lowest BCUT2D eigenvalue weighted by atomic mass is 10.1. The molecule has 0 saturated heterocycles. The standard InChI is InChI=1S/C28H42N2O3/c1-6-7-8-9-10-11-18-29-23-15-16-24-25(20-23)30(5)28(32)27(26(24)31)33-19-17-22(4)14-12-13-21(2)3/h13,15-17,20,29,31H,6-12,14,18-19H2,1-5H3. The van der Waals surface area contributed by atoms with E-state index in [2.05, 4.69) is 39.1 Å². The van der Waals surface area contributed by atoms with E-state index < -0.39 is 0 Å². The Morgan fingerprint density at radius 2 is 1.82 bits per heavy atom. The van der Waals surface area contributed by atoms with Crippen molar-refractivity contribution in [3.63, 3.8) is 0 Å². The van der Waals surface area contributed by atoms with Crippen molar-refractivity contribution in [2.75, 3.05) is 18.5 Å². The van der Waals surface area contributed by atoms with E-state index in [0.717, 1.165) is 31.5 Å². The first kappa shape index (κ1) is 26.6. The molecule has 2 rings (SSSR count). The molecule has 0 saturated carbocycles. The molecule has 1 aromatic heterocycles. The Bertz CT molecular complexity index is 1010. The van der Waals surface area contributed by atoms with Crippen LogP contribution in [0.4, 0.5) is 5.69 Å². The first-order chi connectivity index (χ1) is 15.8. The van der Waals surface area contributed by atoms with Crippen LogP contribution in [0.25, 0.3) is 10.9 Å². The normalized spacial score (nSPS) is 11.6. The number of aromatic nitrogens is 1. The van der Waals surface area contributed by atoms with Crippen LogP contribution < -0.4 is 15.6 Å². The van der Waals surface area contributed by atoms with E-state index in [1.165, 1.54) is 43.3 Å². The topological polar surface area (TPSA) is 63.5 Å². The van der Waals surface area contributed by atoms with Crippen LogP contribution in [0.15, 0.2) is 46.3 Å². The fourth-order valence-electron chi connectivity index (χ4n) is 3.83. The maximum Gasteiger partial charge on any atom is 0.297 e. The molecule has 0 spiro atoms. The number of nitrogens with one attached hydrogen (secondary N) is 1. The first-order valence-electron chi connectivity index (χ1n) is 12.4. The van der Waals surface area contributed by atoms with E-state index in [0.29, 0.717) is 10.9 Å². The molecule has 0 fully saturated rings. The van der Waals surface area contributed by atoms with Gasteiger partial charge in [0.2, 0.25) is 5.75 Å². The van der Waals surface area contributed by atoms with Gasteiger partial charge in [0.1, 0.15) is 6.61 Å². The van der Waals surface area contributed by atoms with Crippen LogP contribution in [0.2, 0.25) is 0 Å². The van der Waals surface area contributed by atoms with Gasteiger partial charge in [-0.15, -0.1) is 0 Å². The molecule has 5 nitrogen and oxygen atoms in total. The van der Waals surface area contributed by atoms with Crippen molar-refractivity contribution in [2.24, 2.45) is 7.05 Å².